The zero-order valence-electron chi connectivity index (χ0n) is 9.93. The molecule has 17 heavy (non-hydrogen) atoms. The van der Waals surface area contributed by atoms with Crippen molar-refractivity contribution in [3.8, 4) is 11.3 Å². The van der Waals surface area contributed by atoms with Crippen molar-refractivity contribution in [2.75, 3.05) is 0 Å². The normalized spacial score (nSPS) is 22.5. The van der Waals surface area contributed by atoms with Crippen LogP contribution in [0.2, 0.25) is 0 Å². The topological polar surface area (TPSA) is 38.9 Å². The Morgan fingerprint density at radius 3 is 2.35 bits per heavy atom. The summed E-state index contributed by atoms with van der Waals surface area (Å²) in [5.74, 6) is 0.537. The Bertz CT molecular complexity index is 514. The molecule has 2 N–H and O–H groups in total. The van der Waals surface area contributed by atoms with Gasteiger partial charge in [-0.2, -0.15) is 0 Å². The van der Waals surface area contributed by atoms with Gasteiger partial charge in [0.2, 0.25) is 0 Å². The minimum atomic E-state index is 0.349. The van der Waals surface area contributed by atoms with E-state index in [4.69, 9.17) is 5.73 Å². The molecule has 2 aromatic rings. The molecule has 0 amide bonds. The highest BCUT2D eigenvalue weighted by Crippen LogP contribution is 2.38. The number of nitrogens with two attached hydrogens (primary N) is 1. The van der Waals surface area contributed by atoms with Gasteiger partial charge in [-0.3, -0.25) is 4.98 Å². The molecule has 0 bridgehead atoms. The van der Waals surface area contributed by atoms with E-state index in [2.05, 4.69) is 48.3 Å². The van der Waals surface area contributed by atoms with Crippen LogP contribution in [0.1, 0.15) is 23.5 Å². The lowest BCUT2D eigenvalue weighted by atomic mass is 10.1. The maximum absolute atomic E-state index is 5.84. The predicted octanol–water partition coefficient (Wildman–Crippen LogP) is 2.87. The molecule has 1 aromatic carbocycles. The van der Waals surface area contributed by atoms with E-state index in [-0.39, 0.29) is 0 Å². The van der Waals surface area contributed by atoms with Crippen molar-refractivity contribution in [3.63, 3.8) is 0 Å². The number of nitrogens with zero attached hydrogens (tertiary/aromatic N) is 1. The molecule has 2 heteroatoms. The van der Waals surface area contributed by atoms with E-state index < -0.39 is 0 Å². The maximum atomic E-state index is 5.84. The lowest BCUT2D eigenvalue weighted by Crippen LogP contribution is -2.01. The second-order valence-electron chi connectivity index (χ2n) is 4.85. The van der Waals surface area contributed by atoms with E-state index >= 15 is 0 Å². The molecule has 2 unspecified atom stereocenters. The molecule has 1 aliphatic carbocycles. The Hall–Kier alpha value is -1.67. The Morgan fingerprint density at radius 2 is 1.82 bits per heavy atom. The van der Waals surface area contributed by atoms with Crippen LogP contribution in [-0.4, -0.2) is 11.0 Å². The van der Waals surface area contributed by atoms with Crippen molar-refractivity contribution in [1.29, 1.82) is 0 Å². The molecule has 2 nitrogen and oxygen atoms in total. The van der Waals surface area contributed by atoms with Crippen LogP contribution in [-0.2, 0) is 0 Å². The van der Waals surface area contributed by atoms with Gasteiger partial charge in [-0.15, -0.1) is 0 Å². The molecular weight excluding hydrogens is 208 g/mol. The van der Waals surface area contributed by atoms with Gasteiger partial charge in [0.15, 0.2) is 0 Å². The minimum Gasteiger partial charge on any atom is -0.327 e. The number of hydrogen-bond acceptors (Lipinski definition) is 2. The number of benzene rings is 1. The van der Waals surface area contributed by atoms with E-state index in [1.54, 1.807) is 0 Å². The summed E-state index contributed by atoms with van der Waals surface area (Å²) < 4.78 is 0. The molecule has 86 valence electrons. The Balaban J connectivity index is 1.86. The average Bonchev–Trinajstić information content (AvgIpc) is 3.08. The first-order valence-electron chi connectivity index (χ1n) is 6.02. The van der Waals surface area contributed by atoms with Gasteiger partial charge in [0.05, 0.1) is 5.69 Å². The second-order valence-corrected chi connectivity index (χ2v) is 4.85. The molecule has 0 aliphatic heterocycles. The lowest BCUT2D eigenvalue weighted by molar-refractivity contribution is 0.981. The zero-order valence-corrected chi connectivity index (χ0v) is 9.93. The van der Waals surface area contributed by atoms with Crippen LogP contribution in [0, 0.1) is 6.92 Å². The zero-order chi connectivity index (χ0) is 11.8. The van der Waals surface area contributed by atoms with Crippen LogP contribution < -0.4 is 5.73 Å². The third kappa shape index (κ3) is 2.08. The minimum absolute atomic E-state index is 0.349. The van der Waals surface area contributed by atoms with Crippen LogP contribution in [0.15, 0.2) is 42.6 Å². The van der Waals surface area contributed by atoms with Gasteiger partial charge in [-0.05, 0) is 25.0 Å². The summed E-state index contributed by atoms with van der Waals surface area (Å²) in [7, 11) is 0. The van der Waals surface area contributed by atoms with Gasteiger partial charge in [0.1, 0.15) is 0 Å². The summed E-state index contributed by atoms with van der Waals surface area (Å²) in [6.07, 6.45) is 3.07. The molecule has 0 radical (unpaired) electrons. The summed E-state index contributed by atoms with van der Waals surface area (Å²) in [6, 6.07) is 13.0. The van der Waals surface area contributed by atoms with Gasteiger partial charge in [-0.25, -0.2) is 0 Å². The predicted molar refractivity (Wildman–Crippen MR) is 69.7 cm³/mol. The fraction of sp³-hybridized carbons (Fsp3) is 0.267. The van der Waals surface area contributed by atoms with Crippen LogP contribution >= 0.6 is 0 Å². The van der Waals surface area contributed by atoms with Crippen LogP contribution in [0.25, 0.3) is 11.3 Å². The summed E-state index contributed by atoms with van der Waals surface area (Å²) in [6.45, 7) is 2.09. The van der Waals surface area contributed by atoms with Crippen LogP contribution in [0.3, 0.4) is 0 Å². The van der Waals surface area contributed by atoms with E-state index in [9.17, 15) is 0 Å². The van der Waals surface area contributed by atoms with Gasteiger partial charge < -0.3 is 5.73 Å². The number of aryl methyl sites for hydroxylation is 1. The number of pyridine rings is 1. The smallest absolute Gasteiger partial charge is 0.0702 e. The molecule has 1 saturated carbocycles. The molecule has 3 rings (SSSR count). The number of aromatic nitrogens is 1. The summed E-state index contributed by atoms with van der Waals surface area (Å²) >= 11 is 0. The third-order valence-electron chi connectivity index (χ3n) is 3.40. The van der Waals surface area contributed by atoms with Crippen molar-refractivity contribution in [2.24, 2.45) is 5.73 Å². The third-order valence-corrected chi connectivity index (χ3v) is 3.40. The van der Waals surface area contributed by atoms with Crippen molar-refractivity contribution >= 4 is 0 Å². The second kappa shape index (κ2) is 3.97. The average molecular weight is 224 g/mol. The highest BCUT2D eigenvalue weighted by molar-refractivity contribution is 5.59. The Morgan fingerprint density at radius 1 is 1.12 bits per heavy atom. The quantitative estimate of drug-likeness (QED) is 0.852. The molecular formula is C15H16N2. The summed E-state index contributed by atoms with van der Waals surface area (Å²) in [5.41, 5.74) is 10.6. The first-order valence-corrected chi connectivity index (χ1v) is 6.02. The van der Waals surface area contributed by atoms with Crippen LogP contribution in [0.5, 0.6) is 0 Å². The molecule has 1 heterocycles. The fourth-order valence-corrected chi connectivity index (χ4v) is 2.12. The van der Waals surface area contributed by atoms with Crippen LogP contribution in [0.4, 0.5) is 0 Å². The van der Waals surface area contributed by atoms with Crippen molar-refractivity contribution in [2.45, 2.75) is 25.3 Å². The fourth-order valence-electron chi connectivity index (χ4n) is 2.12. The number of hydrogen-bond donors (Lipinski definition) is 1. The largest absolute Gasteiger partial charge is 0.327 e. The molecule has 1 fully saturated rings. The first-order chi connectivity index (χ1) is 8.24. The molecule has 0 saturated heterocycles. The summed E-state index contributed by atoms with van der Waals surface area (Å²) in [5, 5.41) is 0. The van der Waals surface area contributed by atoms with Crippen molar-refractivity contribution in [1.82, 2.24) is 4.98 Å². The van der Waals surface area contributed by atoms with E-state index in [0.717, 1.165) is 12.1 Å². The highest BCUT2D eigenvalue weighted by Gasteiger charge is 2.34. The Kier molecular flexibility index (Phi) is 2.45. The number of rotatable bonds is 2. The molecule has 1 aliphatic rings. The van der Waals surface area contributed by atoms with E-state index in [1.807, 2.05) is 6.20 Å². The molecule has 2 atom stereocenters. The van der Waals surface area contributed by atoms with Gasteiger partial charge in [0.25, 0.3) is 0 Å². The molecule has 1 aromatic heterocycles. The standard InChI is InChI=1S/C15H16N2/c1-10-2-4-11(5-3-10)15-7-6-12(9-17-15)13-8-14(13)16/h2-7,9,13-14H,8,16H2,1H3. The summed E-state index contributed by atoms with van der Waals surface area (Å²) in [4.78, 5) is 4.52. The Labute approximate surface area is 102 Å². The van der Waals surface area contributed by atoms with Crippen molar-refractivity contribution < 1.29 is 0 Å². The van der Waals surface area contributed by atoms with Gasteiger partial charge in [-0.1, -0.05) is 35.9 Å². The SMILES string of the molecule is Cc1ccc(-c2ccc(C3CC3N)cn2)cc1. The highest BCUT2D eigenvalue weighted by atomic mass is 14.8. The van der Waals surface area contributed by atoms with Gasteiger partial charge in [0, 0.05) is 23.7 Å². The first kappa shape index (κ1) is 10.5. The van der Waals surface area contributed by atoms with Gasteiger partial charge >= 0.3 is 0 Å². The van der Waals surface area contributed by atoms with Crippen molar-refractivity contribution in [3.05, 3.63) is 53.7 Å². The maximum Gasteiger partial charge on any atom is 0.0702 e. The monoisotopic (exact) mass is 224 g/mol. The lowest BCUT2D eigenvalue weighted by Gasteiger charge is -2.03. The van der Waals surface area contributed by atoms with E-state index in [0.29, 0.717) is 12.0 Å². The molecule has 0 spiro atoms. The van der Waals surface area contributed by atoms with E-state index in [1.165, 1.54) is 16.7 Å².